The summed E-state index contributed by atoms with van der Waals surface area (Å²) >= 11 is 0. The monoisotopic (exact) mass is 1020 g/mol. The molecule has 0 aromatic heterocycles. The second-order valence-corrected chi connectivity index (χ2v) is 20.5. The number of aliphatic hydroxyl groups is 7. The van der Waals surface area contributed by atoms with Crippen LogP contribution >= 0.6 is 0 Å². The van der Waals surface area contributed by atoms with E-state index in [1.165, 1.54) is 161 Å². The zero-order valence-electron chi connectivity index (χ0n) is 44.5. The van der Waals surface area contributed by atoms with Crippen LogP contribution in [-0.2, 0) is 38.0 Å². The van der Waals surface area contributed by atoms with Gasteiger partial charge >= 0.3 is 11.9 Å². The molecule has 2 aliphatic rings. The molecule has 2 aliphatic heterocycles. The molecule has 11 atom stereocenters. The minimum absolute atomic E-state index is 0.169. The molecule has 4 unspecified atom stereocenters. The molecule has 2 heterocycles. The van der Waals surface area contributed by atoms with Crippen LogP contribution in [0.4, 0.5) is 0 Å². The van der Waals surface area contributed by atoms with Gasteiger partial charge in [0.25, 0.3) is 0 Å². The standard InChI is InChI=1S/C56H104O15/c1-3-5-7-9-11-13-15-17-19-20-21-22-23-24-25-27-29-31-33-35-37-39-48(59)69-44(41-66-47(58)38-36-34-32-30-28-26-18-16-14-12-10-8-6-4-2)42-67-55-54(65)52(63)50(61)46(71-55)43-68-56-53(64)51(62)49(60)45(40-57)70-56/h17,19,44-46,49-57,60-65H,3-16,18,20-43H2,1-2H3/b19-17+/t44-,45+,46+,49-,50-,51?,52?,53?,54?,55+,56+/m1/s1. The van der Waals surface area contributed by atoms with Crippen molar-refractivity contribution in [1.82, 2.24) is 0 Å². The number of unbranched alkanes of at least 4 members (excludes halogenated alkanes) is 30. The zero-order chi connectivity index (χ0) is 51.7. The van der Waals surface area contributed by atoms with Crippen LogP contribution in [0, 0.1) is 0 Å². The Morgan fingerprint density at radius 2 is 0.803 bits per heavy atom. The maximum absolute atomic E-state index is 13.1. The Kier molecular flexibility index (Phi) is 40.0. The van der Waals surface area contributed by atoms with Gasteiger partial charge < -0.3 is 64.2 Å². The molecule has 2 saturated heterocycles. The highest BCUT2D eigenvalue weighted by Gasteiger charge is 2.47. The van der Waals surface area contributed by atoms with Crippen molar-refractivity contribution < 1.29 is 73.8 Å². The van der Waals surface area contributed by atoms with Crippen LogP contribution in [0.25, 0.3) is 0 Å². The highest BCUT2D eigenvalue weighted by molar-refractivity contribution is 5.70. The Morgan fingerprint density at radius 3 is 1.24 bits per heavy atom. The molecule has 0 aliphatic carbocycles. The van der Waals surface area contributed by atoms with E-state index in [1.54, 1.807) is 0 Å². The normalized spacial score (nSPS) is 25.2. The van der Waals surface area contributed by atoms with Crippen LogP contribution in [0.15, 0.2) is 12.2 Å². The van der Waals surface area contributed by atoms with E-state index in [0.717, 1.165) is 38.5 Å². The number of hydrogen-bond acceptors (Lipinski definition) is 15. The van der Waals surface area contributed by atoms with E-state index >= 15 is 0 Å². The van der Waals surface area contributed by atoms with Gasteiger partial charge in [0, 0.05) is 12.8 Å². The van der Waals surface area contributed by atoms with Gasteiger partial charge in [0.2, 0.25) is 0 Å². The Bertz CT molecular complexity index is 1290. The lowest BCUT2D eigenvalue weighted by molar-refractivity contribution is -0.332. The second-order valence-electron chi connectivity index (χ2n) is 20.5. The summed E-state index contributed by atoms with van der Waals surface area (Å²) in [4.78, 5) is 25.8. The molecule has 0 saturated carbocycles. The molecule has 15 nitrogen and oxygen atoms in total. The molecule has 71 heavy (non-hydrogen) atoms. The summed E-state index contributed by atoms with van der Waals surface area (Å²) in [5, 5.41) is 72.2. The number of aliphatic hydroxyl groups excluding tert-OH is 7. The quantitative estimate of drug-likeness (QED) is 0.0171. The average molecular weight is 1020 g/mol. The SMILES string of the molecule is CCCCCCCC/C=C/CCCCCCCCCCCCCC(=O)O[C@H](COC(=O)CCCCCCCCCCCCCCCC)CO[C@H]1O[C@@H](CO[C@H]2O[C@@H](CO)[C@@H](O)C(O)C2O)[C@@H](O)C(O)C1O. The fourth-order valence-electron chi connectivity index (χ4n) is 9.27. The van der Waals surface area contributed by atoms with Crippen molar-refractivity contribution in [3.05, 3.63) is 12.2 Å². The van der Waals surface area contributed by atoms with Crippen molar-refractivity contribution in [3.8, 4) is 0 Å². The molecule has 0 radical (unpaired) electrons. The van der Waals surface area contributed by atoms with Crippen molar-refractivity contribution in [1.29, 1.82) is 0 Å². The molecule has 0 amide bonds. The van der Waals surface area contributed by atoms with Gasteiger partial charge in [0.1, 0.15) is 55.4 Å². The summed E-state index contributed by atoms with van der Waals surface area (Å²) in [6.07, 6.45) is 28.0. The van der Waals surface area contributed by atoms with Crippen LogP contribution in [0.5, 0.6) is 0 Å². The summed E-state index contributed by atoms with van der Waals surface area (Å²) in [7, 11) is 0. The topological polar surface area (TPSA) is 231 Å². The van der Waals surface area contributed by atoms with Gasteiger partial charge in [-0.2, -0.15) is 0 Å². The Labute approximate surface area is 429 Å². The zero-order valence-corrected chi connectivity index (χ0v) is 44.5. The number of ether oxygens (including phenoxy) is 6. The van der Waals surface area contributed by atoms with Crippen molar-refractivity contribution in [2.75, 3.05) is 26.4 Å². The number of hydrogen-bond donors (Lipinski definition) is 7. The third-order valence-electron chi connectivity index (χ3n) is 14.0. The molecular formula is C56H104O15. The van der Waals surface area contributed by atoms with E-state index < -0.39 is 92.7 Å². The lowest BCUT2D eigenvalue weighted by atomic mass is 9.98. The Balaban J connectivity index is 1.75. The number of allylic oxidation sites excluding steroid dienone is 2. The molecule has 15 heteroatoms. The molecule has 2 rings (SSSR count). The summed E-state index contributed by atoms with van der Waals surface area (Å²) in [6, 6.07) is 0. The molecule has 0 aromatic rings. The second kappa shape index (κ2) is 43.5. The summed E-state index contributed by atoms with van der Waals surface area (Å²) in [6.45, 7) is 2.63. The van der Waals surface area contributed by atoms with Gasteiger partial charge in [-0.25, -0.2) is 0 Å². The minimum atomic E-state index is -1.76. The average Bonchev–Trinajstić information content (AvgIpc) is 3.36. The van der Waals surface area contributed by atoms with Crippen LogP contribution in [0.3, 0.4) is 0 Å². The fourth-order valence-corrected chi connectivity index (χ4v) is 9.27. The van der Waals surface area contributed by atoms with Crippen molar-refractivity contribution in [2.45, 2.75) is 306 Å². The molecule has 0 bridgehead atoms. The molecule has 2 fully saturated rings. The number of carbonyl (C=O) groups is 2. The predicted molar refractivity (Wildman–Crippen MR) is 275 cm³/mol. The number of esters is 2. The first kappa shape index (κ1) is 65.4. The molecular weight excluding hydrogens is 913 g/mol. The van der Waals surface area contributed by atoms with Crippen LogP contribution in [0.1, 0.15) is 239 Å². The highest BCUT2D eigenvalue weighted by atomic mass is 16.7. The van der Waals surface area contributed by atoms with E-state index in [4.69, 9.17) is 28.4 Å². The summed E-state index contributed by atoms with van der Waals surface area (Å²) in [5.74, 6) is -0.911. The Hall–Kier alpha value is -1.76. The molecule has 418 valence electrons. The van der Waals surface area contributed by atoms with Crippen LogP contribution in [-0.4, -0.2) is 142 Å². The predicted octanol–water partition coefficient (Wildman–Crippen LogP) is 9.33. The summed E-state index contributed by atoms with van der Waals surface area (Å²) in [5.41, 5.74) is 0. The number of carbonyl (C=O) groups excluding carboxylic acids is 2. The lowest BCUT2D eigenvalue weighted by Gasteiger charge is -2.42. The van der Waals surface area contributed by atoms with Gasteiger partial charge in [0.05, 0.1) is 19.8 Å². The van der Waals surface area contributed by atoms with Crippen molar-refractivity contribution >= 4 is 11.9 Å². The lowest BCUT2D eigenvalue weighted by Crippen LogP contribution is -2.61. The third kappa shape index (κ3) is 31.0. The largest absolute Gasteiger partial charge is 0.462 e. The Morgan fingerprint density at radius 1 is 0.437 bits per heavy atom. The van der Waals surface area contributed by atoms with Gasteiger partial charge in [-0.3, -0.25) is 9.59 Å². The van der Waals surface area contributed by atoms with E-state index in [9.17, 15) is 45.3 Å². The first-order chi connectivity index (χ1) is 34.5. The van der Waals surface area contributed by atoms with E-state index in [1.807, 2.05) is 0 Å². The molecule has 0 spiro atoms. The smallest absolute Gasteiger partial charge is 0.306 e. The maximum atomic E-state index is 13.1. The first-order valence-electron chi connectivity index (χ1n) is 28.8. The van der Waals surface area contributed by atoms with Crippen LogP contribution in [0.2, 0.25) is 0 Å². The van der Waals surface area contributed by atoms with Crippen molar-refractivity contribution in [3.63, 3.8) is 0 Å². The van der Waals surface area contributed by atoms with Gasteiger partial charge in [-0.1, -0.05) is 199 Å². The maximum Gasteiger partial charge on any atom is 0.306 e. The van der Waals surface area contributed by atoms with Crippen molar-refractivity contribution in [2.24, 2.45) is 0 Å². The van der Waals surface area contributed by atoms with Gasteiger partial charge in [-0.05, 0) is 38.5 Å². The molecule has 0 aromatic carbocycles. The number of rotatable bonds is 46. The van der Waals surface area contributed by atoms with E-state index in [0.29, 0.717) is 12.8 Å². The van der Waals surface area contributed by atoms with Crippen LogP contribution < -0.4 is 0 Å². The molecule has 7 N–H and O–H groups in total. The van der Waals surface area contributed by atoms with Gasteiger partial charge in [-0.15, -0.1) is 0 Å². The summed E-state index contributed by atoms with van der Waals surface area (Å²) < 4.78 is 33.7. The fraction of sp³-hybridized carbons (Fsp3) is 0.929. The third-order valence-corrected chi connectivity index (χ3v) is 14.0. The highest BCUT2D eigenvalue weighted by Crippen LogP contribution is 2.27. The minimum Gasteiger partial charge on any atom is -0.462 e. The van der Waals surface area contributed by atoms with E-state index in [-0.39, 0.29) is 26.1 Å². The van der Waals surface area contributed by atoms with E-state index in [2.05, 4.69) is 26.0 Å². The van der Waals surface area contributed by atoms with Gasteiger partial charge in [0.15, 0.2) is 18.7 Å². The first-order valence-corrected chi connectivity index (χ1v) is 28.8.